The Morgan fingerprint density at radius 2 is 1.61 bits per heavy atom. The van der Waals surface area contributed by atoms with Crippen molar-refractivity contribution in [3.63, 3.8) is 0 Å². The highest BCUT2D eigenvalue weighted by molar-refractivity contribution is 6.34. The van der Waals surface area contributed by atoms with Gasteiger partial charge in [0, 0.05) is 17.9 Å². The van der Waals surface area contributed by atoms with E-state index in [1.807, 2.05) is 43.4 Å². The minimum atomic E-state index is -1.23. The summed E-state index contributed by atoms with van der Waals surface area (Å²) in [6.45, 7) is 4.51. The predicted octanol–water partition coefficient (Wildman–Crippen LogP) is 6.73. The van der Waals surface area contributed by atoms with Crippen LogP contribution in [0.25, 0.3) is 0 Å². The van der Waals surface area contributed by atoms with Crippen LogP contribution in [0.2, 0.25) is 5.02 Å². The van der Waals surface area contributed by atoms with E-state index in [0.29, 0.717) is 12.2 Å². The fourth-order valence-electron chi connectivity index (χ4n) is 3.31. The maximum atomic E-state index is 13.7. The van der Waals surface area contributed by atoms with E-state index in [1.165, 1.54) is 18.2 Å². The van der Waals surface area contributed by atoms with Crippen molar-refractivity contribution in [2.24, 2.45) is 0 Å². The summed E-state index contributed by atoms with van der Waals surface area (Å²) in [5.74, 6) is -3.43. The Hall–Kier alpha value is -3.98. The molecule has 10 heteroatoms. The molecule has 3 aromatic rings. The number of nitrogens with one attached hydrogen (secondary N) is 3. The number of unbranched alkanes of at least 4 members (excludes halogenated alkanes) is 1. The molecule has 3 N–H and O–H groups in total. The van der Waals surface area contributed by atoms with Crippen LogP contribution in [0.15, 0.2) is 60.7 Å². The molecule has 188 valence electrons. The number of urea groups is 2. The van der Waals surface area contributed by atoms with E-state index in [1.54, 1.807) is 4.90 Å². The average Bonchev–Trinajstić information content (AvgIpc) is 2.82. The molecule has 0 spiro atoms. The lowest BCUT2D eigenvalue weighted by atomic mass is 10.2. The lowest BCUT2D eigenvalue weighted by Gasteiger charge is -2.23. The van der Waals surface area contributed by atoms with E-state index in [0.717, 1.165) is 42.3 Å². The van der Waals surface area contributed by atoms with Crippen molar-refractivity contribution in [3.05, 3.63) is 88.4 Å². The molecule has 36 heavy (non-hydrogen) atoms. The number of hydrogen-bond acceptors (Lipinski definition) is 3. The third kappa shape index (κ3) is 6.79. The maximum Gasteiger partial charge on any atom is 0.326 e. The third-order valence-corrected chi connectivity index (χ3v) is 5.52. The van der Waals surface area contributed by atoms with Gasteiger partial charge in [-0.3, -0.25) is 15.0 Å². The van der Waals surface area contributed by atoms with Gasteiger partial charge in [0.25, 0.3) is 5.91 Å². The Labute approximate surface area is 212 Å². The SMILES string of the molecule is CCCCN(C(=O)Nc1ccc(NC(=O)NC(=O)c2c(F)cccc2F)cc1Cl)c1ccc(C)cc1. The Bertz CT molecular complexity index is 1250. The Balaban J connectivity index is 1.67. The molecule has 0 fully saturated rings. The molecule has 0 unspecified atom stereocenters. The summed E-state index contributed by atoms with van der Waals surface area (Å²) in [6, 6.07) is 13.4. The lowest BCUT2D eigenvalue weighted by molar-refractivity contribution is 0.0959. The van der Waals surface area contributed by atoms with Crippen molar-refractivity contribution >= 4 is 46.6 Å². The molecule has 3 rings (SSSR count). The van der Waals surface area contributed by atoms with E-state index in [-0.39, 0.29) is 16.7 Å². The molecule has 5 amide bonds. The van der Waals surface area contributed by atoms with Crippen molar-refractivity contribution in [2.75, 3.05) is 22.1 Å². The van der Waals surface area contributed by atoms with Gasteiger partial charge in [0.1, 0.15) is 17.2 Å². The van der Waals surface area contributed by atoms with Gasteiger partial charge in [0.15, 0.2) is 0 Å². The van der Waals surface area contributed by atoms with Crippen LogP contribution >= 0.6 is 11.6 Å². The van der Waals surface area contributed by atoms with Crippen LogP contribution in [0.4, 0.5) is 35.4 Å². The van der Waals surface area contributed by atoms with Gasteiger partial charge in [-0.05, 0) is 55.8 Å². The topological polar surface area (TPSA) is 90.5 Å². The molecule has 0 aromatic heterocycles. The summed E-state index contributed by atoms with van der Waals surface area (Å²) in [7, 11) is 0. The third-order valence-electron chi connectivity index (χ3n) is 5.21. The van der Waals surface area contributed by atoms with Gasteiger partial charge in [0.05, 0.1) is 10.7 Å². The van der Waals surface area contributed by atoms with E-state index in [2.05, 4.69) is 10.6 Å². The summed E-state index contributed by atoms with van der Waals surface area (Å²) in [5.41, 5.74) is 1.45. The summed E-state index contributed by atoms with van der Waals surface area (Å²) < 4.78 is 27.5. The first kappa shape index (κ1) is 26.6. The zero-order valence-electron chi connectivity index (χ0n) is 19.7. The number of hydrogen-bond donors (Lipinski definition) is 3. The van der Waals surface area contributed by atoms with Crippen LogP contribution in [0.1, 0.15) is 35.7 Å². The van der Waals surface area contributed by atoms with E-state index >= 15 is 0 Å². The van der Waals surface area contributed by atoms with E-state index in [4.69, 9.17) is 11.6 Å². The van der Waals surface area contributed by atoms with Crippen LogP contribution in [0.3, 0.4) is 0 Å². The standard InChI is InChI=1S/C26H25ClF2N4O3/c1-3-4-14-33(18-11-8-16(2)9-12-18)26(36)31-22-13-10-17(15-19(22)27)30-25(35)32-24(34)23-20(28)6-5-7-21(23)29/h5-13,15H,3-4,14H2,1-2H3,(H,31,36)(H2,30,32,34,35). The maximum absolute atomic E-state index is 13.7. The Morgan fingerprint density at radius 1 is 0.944 bits per heavy atom. The van der Waals surface area contributed by atoms with Crippen molar-refractivity contribution < 1.29 is 23.2 Å². The molecule has 0 radical (unpaired) electrons. The highest BCUT2D eigenvalue weighted by Crippen LogP contribution is 2.27. The van der Waals surface area contributed by atoms with Crippen LogP contribution in [-0.2, 0) is 0 Å². The van der Waals surface area contributed by atoms with E-state index in [9.17, 15) is 23.2 Å². The van der Waals surface area contributed by atoms with Crippen LogP contribution < -0.4 is 20.9 Å². The van der Waals surface area contributed by atoms with Crippen LogP contribution in [-0.4, -0.2) is 24.5 Å². The second-order valence-electron chi connectivity index (χ2n) is 7.97. The average molecular weight is 515 g/mol. The summed E-state index contributed by atoms with van der Waals surface area (Å²) in [5, 5.41) is 7.12. The number of carbonyl (C=O) groups is 3. The predicted molar refractivity (Wildman–Crippen MR) is 137 cm³/mol. The van der Waals surface area contributed by atoms with Crippen LogP contribution in [0, 0.1) is 18.6 Å². The highest BCUT2D eigenvalue weighted by atomic mass is 35.5. The first-order chi connectivity index (χ1) is 17.2. The minimum absolute atomic E-state index is 0.131. The molecule has 3 aromatic carbocycles. The van der Waals surface area contributed by atoms with Gasteiger partial charge < -0.3 is 10.6 Å². The van der Waals surface area contributed by atoms with Crippen molar-refractivity contribution in [2.45, 2.75) is 26.7 Å². The number of halogens is 3. The quantitative estimate of drug-likeness (QED) is 0.326. The van der Waals surface area contributed by atoms with Crippen molar-refractivity contribution in [1.29, 1.82) is 0 Å². The number of rotatable bonds is 7. The minimum Gasteiger partial charge on any atom is -0.308 e. The first-order valence-corrected chi connectivity index (χ1v) is 11.6. The van der Waals surface area contributed by atoms with Gasteiger partial charge in [-0.2, -0.15) is 0 Å². The number of aryl methyl sites for hydroxylation is 1. The van der Waals surface area contributed by atoms with Crippen molar-refractivity contribution in [3.8, 4) is 0 Å². The van der Waals surface area contributed by atoms with Gasteiger partial charge in [0.2, 0.25) is 0 Å². The molecule has 0 saturated carbocycles. The molecule has 0 aliphatic rings. The number of nitrogens with zero attached hydrogens (tertiary/aromatic N) is 1. The van der Waals surface area contributed by atoms with E-state index < -0.39 is 29.1 Å². The molecular formula is C26H25ClF2N4O3. The Kier molecular flexibility index (Phi) is 8.97. The molecule has 0 bridgehead atoms. The van der Waals surface area contributed by atoms with Gasteiger partial charge >= 0.3 is 12.1 Å². The normalized spacial score (nSPS) is 10.5. The largest absolute Gasteiger partial charge is 0.326 e. The second kappa shape index (κ2) is 12.1. The van der Waals surface area contributed by atoms with Gasteiger partial charge in [-0.1, -0.05) is 48.7 Å². The Morgan fingerprint density at radius 3 is 2.22 bits per heavy atom. The number of benzene rings is 3. The molecule has 0 saturated heterocycles. The molecular weight excluding hydrogens is 490 g/mol. The van der Waals surface area contributed by atoms with Crippen molar-refractivity contribution in [1.82, 2.24) is 5.32 Å². The zero-order chi connectivity index (χ0) is 26.2. The van der Waals surface area contributed by atoms with Gasteiger partial charge in [-0.25, -0.2) is 18.4 Å². The molecule has 7 nitrogen and oxygen atoms in total. The fourth-order valence-corrected chi connectivity index (χ4v) is 3.54. The lowest BCUT2D eigenvalue weighted by Crippen LogP contribution is -2.36. The first-order valence-electron chi connectivity index (χ1n) is 11.2. The zero-order valence-corrected chi connectivity index (χ0v) is 20.5. The second-order valence-corrected chi connectivity index (χ2v) is 8.38. The summed E-state index contributed by atoms with van der Waals surface area (Å²) >= 11 is 6.30. The smallest absolute Gasteiger partial charge is 0.308 e. The molecule has 0 aliphatic carbocycles. The van der Waals surface area contributed by atoms with Gasteiger partial charge in [-0.15, -0.1) is 0 Å². The number of anilines is 3. The highest BCUT2D eigenvalue weighted by Gasteiger charge is 2.20. The summed E-state index contributed by atoms with van der Waals surface area (Å²) in [6.07, 6.45) is 1.72. The monoisotopic (exact) mass is 514 g/mol. The number of amides is 5. The molecule has 0 heterocycles. The molecule has 0 atom stereocenters. The number of imide groups is 1. The fraction of sp³-hybridized carbons (Fsp3) is 0.192. The summed E-state index contributed by atoms with van der Waals surface area (Å²) in [4.78, 5) is 38.9. The number of carbonyl (C=O) groups excluding carboxylic acids is 3. The van der Waals surface area contributed by atoms with Crippen LogP contribution in [0.5, 0.6) is 0 Å². The molecule has 0 aliphatic heterocycles.